The van der Waals surface area contributed by atoms with E-state index < -0.39 is 29.2 Å². The Morgan fingerprint density at radius 2 is 1.82 bits per heavy atom. The second kappa shape index (κ2) is 8.70. The van der Waals surface area contributed by atoms with Gasteiger partial charge in [-0.3, -0.25) is 0 Å². The number of pyridine rings is 1. The zero-order valence-corrected chi connectivity index (χ0v) is 17.4. The highest BCUT2D eigenvalue weighted by Gasteiger charge is 2.62. The molecule has 172 valence electrons. The van der Waals surface area contributed by atoms with Crippen molar-refractivity contribution in [1.29, 1.82) is 0 Å². The first-order chi connectivity index (χ1) is 15.7. The Kier molecular flexibility index (Phi) is 5.94. The molecular weight excluding hydrogens is 442 g/mol. The molecule has 6 nitrogen and oxygen atoms in total. The number of aryl methyl sites for hydroxylation is 1. The molecule has 1 atom stereocenters. The number of anilines is 2. The van der Waals surface area contributed by atoms with Crippen LogP contribution in [0.2, 0.25) is 0 Å². The van der Waals surface area contributed by atoms with Crippen LogP contribution in [0.15, 0.2) is 60.7 Å². The maximum Gasteiger partial charge on any atom is 0.421 e. The average Bonchev–Trinajstić information content (AvgIpc) is 2.70. The number of benzene rings is 2. The van der Waals surface area contributed by atoms with Gasteiger partial charge in [0.05, 0.1) is 6.61 Å². The fourth-order valence-corrected chi connectivity index (χ4v) is 3.42. The molecule has 33 heavy (non-hydrogen) atoms. The quantitative estimate of drug-likeness (QED) is 0.448. The lowest BCUT2D eigenvalue weighted by Crippen LogP contribution is -2.52. The molecule has 2 aromatic carbocycles. The third-order valence-corrected chi connectivity index (χ3v) is 5.12. The molecule has 1 fully saturated rings. The molecule has 0 saturated carbocycles. The largest absolute Gasteiger partial charge is 0.437 e. The molecule has 2 N–H and O–H groups in total. The maximum absolute atomic E-state index is 13.9. The molecule has 2 heterocycles. The number of alkyl halides is 3. The third kappa shape index (κ3) is 4.61. The lowest BCUT2D eigenvalue weighted by Gasteiger charge is -2.43. The van der Waals surface area contributed by atoms with Gasteiger partial charge in [-0.2, -0.15) is 13.2 Å². The highest BCUT2D eigenvalue weighted by molar-refractivity contribution is 6.00. The number of hydrogen-bond acceptors (Lipinski definition) is 4. The van der Waals surface area contributed by atoms with Crippen molar-refractivity contribution >= 4 is 17.4 Å². The molecule has 4 rings (SSSR count). The Balaban J connectivity index is 1.65. The summed E-state index contributed by atoms with van der Waals surface area (Å²) in [5.74, 6) is -1.30. The van der Waals surface area contributed by atoms with Crippen molar-refractivity contribution in [3.63, 3.8) is 0 Å². The van der Waals surface area contributed by atoms with Crippen LogP contribution in [0.25, 0.3) is 0 Å². The molecule has 0 bridgehead atoms. The Hall–Kier alpha value is -3.66. The summed E-state index contributed by atoms with van der Waals surface area (Å²) in [6, 6.07) is 13.9. The van der Waals surface area contributed by atoms with Gasteiger partial charge in [-0.15, -0.1) is 0 Å². The minimum absolute atomic E-state index is 0.111. The van der Waals surface area contributed by atoms with Crippen LogP contribution in [-0.4, -0.2) is 23.8 Å². The van der Waals surface area contributed by atoms with Gasteiger partial charge < -0.3 is 20.1 Å². The fraction of sp³-hybridized carbons (Fsp3) is 0.217. The van der Waals surface area contributed by atoms with Crippen molar-refractivity contribution in [2.24, 2.45) is 0 Å². The van der Waals surface area contributed by atoms with Gasteiger partial charge in [-0.05, 0) is 49.4 Å². The van der Waals surface area contributed by atoms with Crippen molar-refractivity contribution in [2.75, 3.05) is 17.2 Å². The number of ether oxygens (including phenoxy) is 2. The number of para-hydroxylation sites is 1. The number of hydrogen-bond donors (Lipinski definition) is 2. The standard InChI is InChI=1S/C23H19F4N3O3/c1-14-7-9-18(30-21(31)29-16-5-3-2-4-6-16)20(28-14)33-19-10-8-15(24)13-17(19)22(11-12-32-22)23(25,26)27/h2-10,13H,11-12H2,1H3,(H2,29,30,31). The van der Waals surface area contributed by atoms with Gasteiger partial charge in [-0.1, -0.05) is 18.2 Å². The molecule has 2 amide bonds. The summed E-state index contributed by atoms with van der Waals surface area (Å²) in [6.07, 6.45) is -5.16. The van der Waals surface area contributed by atoms with Crippen molar-refractivity contribution in [3.05, 3.63) is 77.7 Å². The smallest absolute Gasteiger partial charge is 0.421 e. The van der Waals surface area contributed by atoms with Crippen LogP contribution < -0.4 is 15.4 Å². The monoisotopic (exact) mass is 461 g/mol. The summed E-state index contributed by atoms with van der Waals surface area (Å²) in [6.45, 7) is 1.53. The van der Waals surface area contributed by atoms with E-state index in [0.717, 1.165) is 18.2 Å². The van der Waals surface area contributed by atoms with E-state index in [1.165, 1.54) is 6.07 Å². The van der Waals surface area contributed by atoms with E-state index >= 15 is 0 Å². The predicted molar refractivity (Wildman–Crippen MR) is 113 cm³/mol. The molecule has 1 saturated heterocycles. The second-order valence-corrected chi connectivity index (χ2v) is 7.42. The first-order valence-corrected chi connectivity index (χ1v) is 9.97. The van der Waals surface area contributed by atoms with E-state index in [2.05, 4.69) is 15.6 Å². The maximum atomic E-state index is 13.9. The van der Waals surface area contributed by atoms with Crippen LogP contribution in [0.3, 0.4) is 0 Å². The lowest BCUT2D eigenvalue weighted by molar-refractivity contribution is -0.333. The van der Waals surface area contributed by atoms with E-state index in [1.54, 1.807) is 43.3 Å². The zero-order valence-electron chi connectivity index (χ0n) is 17.4. The number of halogens is 4. The molecule has 1 aliphatic heterocycles. The van der Waals surface area contributed by atoms with Crippen molar-refractivity contribution < 1.29 is 31.8 Å². The van der Waals surface area contributed by atoms with E-state index in [4.69, 9.17) is 9.47 Å². The third-order valence-electron chi connectivity index (χ3n) is 5.12. The normalized spacial score (nSPS) is 17.7. The van der Waals surface area contributed by atoms with Crippen molar-refractivity contribution in [1.82, 2.24) is 4.98 Å². The van der Waals surface area contributed by atoms with Crippen molar-refractivity contribution in [2.45, 2.75) is 25.1 Å². The van der Waals surface area contributed by atoms with Crippen molar-refractivity contribution in [3.8, 4) is 11.6 Å². The number of carbonyl (C=O) groups excluding carboxylic acids is 1. The average molecular weight is 461 g/mol. The highest BCUT2D eigenvalue weighted by Crippen LogP contribution is 2.53. The summed E-state index contributed by atoms with van der Waals surface area (Å²) in [4.78, 5) is 16.6. The van der Waals surface area contributed by atoms with Crippen LogP contribution in [0.1, 0.15) is 17.7 Å². The summed E-state index contributed by atoms with van der Waals surface area (Å²) < 4.78 is 66.0. The van der Waals surface area contributed by atoms with E-state index in [9.17, 15) is 22.4 Å². The number of nitrogens with zero attached hydrogens (tertiary/aromatic N) is 1. The van der Waals surface area contributed by atoms with Gasteiger partial charge in [0.15, 0.2) is 5.60 Å². The molecule has 3 aromatic rings. The topological polar surface area (TPSA) is 72.5 Å². The molecule has 0 radical (unpaired) electrons. The molecule has 1 aliphatic rings. The fourth-order valence-electron chi connectivity index (χ4n) is 3.42. The van der Waals surface area contributed by atoms with Gasteiger partial charge in [0.2, 0.25) is 5.88 Å². The summed E-state index contributed by atoms with van der Waals surface area (Å²) in [7, 11) is 0. The summed E-state index contributed by atoms with van der Waals surface area (Å²) >= 11 is 0. The van der Waals surface area contributed by atoms with Gasteiger partial charge in [0.25, 0.3) is 0 Å². The highest BCUT2D eigenvalue weighted by atomic mass is 19.4. The molecule has 0 spiro atoms. The Labute approximate surface area is 186 Å². The zero-order chi connectivity index (χ0) is 23.6. The van der Waals surface area contributed by atoms with Crippen LogP contribution in [-0.2, 0) is 10.3 Å². The Morgan fingerprint density at radius 3 is 2.45 bits per heavy atom. The van der Waals surface area contributed by atoms with Crippen LogP contribution in [0.4, 0.5) is 33.7 Å². The van der Waals surface area contributed by atoms with Gasteiger partial charge in [0, 0.05) is 23.4 Å². The van der Waals surface area contributed by atoms with E-state index in [1.807, 2.05) is 0 Å². The number of amides is 2. The first-order valence-electron chi connectivity index (χ1n) is 9.97. The predicted octanol–water partition coefficient (Wildman–Crippen LogP) is 6.14. The number of aromatic nitrogens is 1. The molecular formula is C23H19F4N3O3. The molecule has 0 aliphatic carbocycles. The van der Waals surface area contributed by atoms with Gasteiger partial charge in [-0.25, -0.2) is 14.2 Å². The number of carbonyl (C=O) groups is 1. The molecule has 1 aromatic heterocycles. The Morgan fingerprint density at radius 1 is 1.09 bits per heavy atom. The Bertz CT molecular complexity index is 1170. The van der Waals surface area contributed by atoms with Gasteiger partial charge >= 0.3 is 12.2 Å². The van der Waals surface area contributed by atoms with Crippen LogP contribution in [0.5, 0.6) is 11.6 Å². The number of urea groups is 1. The lowest BCUT2D eigenvalue weighted by atomic mass is 9.85. The number of rotatable bonds is 5. The molecule has 10 heteroatoms. The SMILES string of the molecule is Cc1ccc(NC(=O)Nc2ccccc2)c(Oc2ccc(F)cc2C2(C(F)(F)F)CCO2)n1. The van der Waals surface area contributed by atoms with Gasteiger partial charge in [0.1, 0.15) is 17.3 Å². The van der Waals surface area contributed by atoms with Crippen LogP contribution >= 0.6 is 0 Å². The minimum Gasteiger partial charge on any atom is -0.437 e. The summed E-state index contributed by atoms with van der Waals surface area (Å²) in [5.41, 5.74) is -2.03. The minimum atomic E-state index is -4.78. The second-order valence-electron chi connectivity index (χ2n) is 7.42. The van der Waals surface area contributed by atoms with E-state index in [0.29, 0.717) is 11.4 Å². The summed E-state index contributed by atoms with van der Waals surface area (Å²) in [5, 5.41) is 5.19. The van der Waals surface area contributed by atoms with Crippen LogP contribution in [0, 0.1) is 12.7 Å². The number of nitrogens with one attached hydrogen (secondary N) is 2. The molecule has 1 unspecified atom stereocenters. The van der Waals surface area contributed by atoms with E-state index in [-0.39, 0.29) is 30.3 Å². The first kappa shape index (κ1) is 22.5.